The maximum Gasteiger partial charge on any atom is 0.126 e. The van der Waals surface area contributed by atoms with Crippen LogP contribution in [0.3, 0.4) is 0 Å². The number of likely N-dealkylation sites (tertiary alicyclic amines) is 1. The molecule has 0 unspecified atom stereocenters. The van der Waals surface area contributed by atoms with Gasteiger partial charge >= 0.3 is 0 Å². The summed E-state index contributed by atoms with van der Waals surface area (Å²) >= 11 is 0. The molecule has 0 aromatic heterocycles. The van der Waals surface area contributed by atoms with E-state index in [0.29, 0.717) is 24.3 Å². The predicted octanol–water partition coefficient (Wildman–Crippen LogP) is 3.27. The van der Waals surface area contributed by atoms with Crippen LogP contribution in [0.15, 0.2) is 36.4 Å². The van der Waals surface area contributed by atoms with E-state index in [1.54, 1.807) is 18.2 Å². The minimum Gasteiger partial charge on any atom is -0.508 e. The lowest BCUT2D eigenvalue weighted by Gasteiger charge is -2.46. The summed E-state index contributed by atoms with van der Waals surface area (Å²) in [5, 5.41) is 31.0. The molecule has 1 fully saturated rings. The first kappa shape index (κ1) is 18.9. The molecule has 0 saturated carbocycles. The number of β-amino-alcohol motifs (C(OH)–C–C–N with tert-alkyl or cyclic N) is 1. The van der Waals surface area contributed by atoms with Crippen LogP contribution >= 0.6 is 0 Å². The number of phenols is 1. The van der Waals surface area contributed by atoms with Crippen molar-refractivity contribution in [2.24, 2.45) is 0 Å². The van der Waals surface area contributed by atoms with Crippen LogP contribution in [0.4, 0.5) is 0 Å². The minimum atomic E-state index is -0.616. The van der Waals surface area contributed by atoms with E-state index in [1.807, 2.05) is 0 Å². The van der Waals surface area contributed by atoms with Gasteiger partial charge in [-0.1, -0.05) is 18.2 Å². The first-order chi connectivity index (χ1) is 14.0. The third-order valence-electron chi connectivity index (χ3n) is 6.95. The number of fused-ring (bicyclic) bond motifs is 2. The summed E-state index contributed by atoms with van der Waals surface area (Å²) in [6.45, 7) is 2.30. The van der Waals surface area contributed by atoms with Crippen molar-refractivity contribution in [3.63, 3.8) is 0 Å². The van der Waals surface area contributed by atoms with Crippen molar-refractivity contribution >= 4 is 0 Å². The Bertz CT molecular complexity index is 904. The van der Waals surface area contributed by atoms with Crippen LogP contribution in [0.2, 0.25) is 0 Å². The molecule has 2 aromatic rings. The first-order valence-corrected chi connectivity index (χ1v) is 10.7. The smallest absolute Gasteiger partial charge is 0.126 e. The van der Waals surface area contributed by atoms with E-state index in [2.05, 4.69) is 23.1 Å². The van der Waals surface area contributed by atoms with Gasteiger partial charge in [-0.05, 0) is 67.0 Å². The highest BCUT2D eigenvalue weighted by atomic mass is 16.5. The third-order valence-corrected chi connectivity index (χ3v) is 6.95. The van der Waals surface area contributed by atoms with Gasteiger partial charge in [-0.15, -0.1) is 0 Å². The molecule has 2 atom stereocenters. The van der Waals surface area contributed by atoms with E-state index < -0.39 is 12.2 Å². The van der Waals surface area contributed by atoms with Crippen molar-refractivity contribution in [2.45, 2.75) is 56.3 Å². The number of phenolic OH excluding ortho intramolecular Hbond substituents is 1. The molecule has 2 aromatic carbocycles. The van der Waals surface area contributed by atoms with Crippen LogP contribution in [0, 0.1) is 0 Å². The number of aryl methyl sites for hydroxylation is 2. The van der Waals surface area contributed by atoms with Crippen LogP contribution in [0.5, 0.6) is 11.5 Å². The summed E-state index contributed by atoms with van der Waals surface area (Å²) < 4.78 is 6.31. The van der Waals surface area contributed by atoms with Gasteiger partial charge in [0.2, 0.25) is 0 Å². The largest absolute Gasteiger partial charge is 0.508 e. The molecule has 0 amide bonds. The molecule has 3 aliphatic rings. The Morgan fingerprint density at radius 3 is 2.69 bits per heavy atom. The molecule has 1 saturated heterocycles. The highest BCUT2D eigenvalue weighted by Crippen LogP contribution is 2.45. The molecular weight excluding hydrogens is 366 g/mol. The van der Waals surface area contributed by atoms with Gasteiger partial charge in [0.25, 0.3) is 0 Å². The van der Waals surface area contributed by atoms with Crippen LogP contribution in [0.25, 0.3) is 0 Å². The Hall–Kier alpha value is -2.08. The van der Waals surface area contributed by atoms with E-state index in [-0.39, 0.29) is 11.4 Å². The van der Waals surface area contributed by atoms with Gasteiger partial charge in [-0.2, -0.15) is 0 Å². The van der Waals surface area contributed by atoms with Gasteiger partial charge < -0.3 is 25.0 Å². The summed E-state index contributed by atoms with van der Waals surface area (Å²) in [5.74, 6) is 0.825. The second-order valence-electron chi connectivity index (χ2n) is 8.93. The monoisotopic (exact) mass is 395 g/mol. The standard InChI is InChI=1S/C24H29NO4/c26-19-6-7-23-20(13-19)21(27)14-24(29-23)8-10-25(11-9-24)15-22(28)18-5-4-16-2-1-3-17(16)12-18/h4-7,12-13,21-22,26-28H,1-3,8-11,14-15H2/t21-,22-/m1/s1. The molecule has 3 N–H and O–H groups in total. The van der Waals surface area contributed by atoms with E-state index >= 15 is 0 Å². The fourth-order valence-electron chi connectivity index (χ4n) is 5.22. The number of nitrogens with zero attached hydrogens (tertiary/aromatic N) is 1. The fraction of sp³-hybridized carbons (Fsp3) is 0.500. The summed E-state index contributed by atoms with van der Waals surface area (Å²) in [5.41, 5.74) is 4.16. The Balaban J connectivity index is 1.22. The van der Waals surface area contributed by atoms with Crippen molar-refractivity contribution in [2.75, 3.05) is 19.6 Å². The number of aromatic hydroxyl groups is 1. The third kappa shape index (κ3) is 3.63. The molecule has 5 heteroatoms. The number of ether oxygens (including phenoxy) is 1. The lowest BCUT2D eigenvalue weighted by atomic mass is 9.81. The molecule has 1 spiro atoms. The molecule has 154 valence electrons. The Morgan fingerprint density at radius 1 is 1.07 bits per heavy atom. The second-order valence-corrected chi connectivity index (χ2v) is 8.93. The molecule has 5 rings (SSSR count). The van der Waals surface area contributed by atoms with E-state index in [4.69, 9.17) is 4.74 Å². The molecule has 2 heterocycles. The zero-order valence-electron chi connectivity index (χ0n) is 16.7. The zero-order valence-corrected chi connectivity index (χ0v) is 16.7. The average molecular weight is 395 g/mol. The molecule has 0 radical (unpaired) electrons. The lowest BCUT2D eigenvalue weighted by Crippen LogP contribution is -2.51. The predicted molar refractivity (Wildman–Crippen MR) is 110 cm³/mol. The molecule has 1 aliphatic carbocycles. The lowest BCUT2D eigenvalue weighted by molar-refractivity contribution is -0.0588. The summed E-state index contributed by atoms with van der Waals surface area (Å²) in [7, 11) is 0. The summed E-state index contributed by atoms with van der Waals surface area (Å²) in [6, 6.07) is 11.4. The van der Waals surface area contributed by atoms with Crippen molar-refractivity contribution < 1.29 is 20.1 Å². The van der Waals surface area contributed by atoms with E-state index in [1.165, 1.54) is 17.5 Å². The average Bonchev–Trinajstić information content (AvgIpc) is 3.18. The summed E-state index contributed by atoms with van der Waals surface area (Å²) in [4.78, 5) is 2.30. The van der Waals surface area contributed by atoms with Gasteiger partial charge in [0.05, 0.1) is 12.2 Å². The SMILES string of the molecule is Oc1ccc2c(c1)[C@H](O)CC1(CCN(C[C@@H](O)c3ccc4c(c3)CCC4)CC1)O2. The summed E-state index contributed by atoms with van der Waals surface area (Å²) in [6.07, 6.45) is 4.60. The van der Waals surface area contributed by atoms with Gasteiger partial charge in [0.15, 0.2) is 0 Å². The van der Waals surface area contributed by atoms with Crippen LogP contribution < -0.4 is 4.74 Å². The number of aliphatic hydroxyl groups excluding tert-OH is 2. The normalized spacial score (nSPS) is 24.0. The maximum atomic E-state index is 10.8. The van der Waals surface area contributed by atoms with Crippen LogP contribution in [-0.4, -0.2) is 45.5 Å². The molecule has 5 nitrogen and oxygen atoms in total. The number of hydrogen-bond acceptors (Lipinski definition) is 5. The highest BCUT2D eigenvalue weighted by molar-refractivity contribution is 5.43. The van der Waals surface area contributed by atoms with Crippen molar-refractivity contribution in [1.29, 1.82) is 0 Å². The molecule has 0 bridgehead atoms. The maximum absolute atomic E-state index is 10.8. The quantitative estimate of drug-likeness (QED) is 0.744. The Kier molecular flexibility index (Phi) is 4.77. The number of hydrogen-bond donors (Lipinski definition) is 3. The second kappa shape index (κ2) is 7.31. The van der Waals surface area contributed by atoms with Gasteiger partial charge in [0, 0.05) is 31.6 Å². The number of rotatable bonds is 3. The minimum absolute atomic E-state index is 0.151. The van der Waals surface area contributed by atoms with E-state index in [0.717, 1.165) is 44.3 Å². The van der Waals surface area contributed by atoms with Gasteiger partial charge in [0.1, 0.15) is 17.1 Å². The van der Waals surface area contributed by atoms with E-state index in [9.17, 15) is 15.3 Å². The topological polar surface area (TPSA) is 73.2 Å². The van der Waals surface area contributed by atoms with Crippen molar-refractivity contribution in [1.82, 2.24) is 4.90 Å². The van der Waals surface area contributed by atoms with Crippen molar-refractivity contribution in [3.05, 3.63) is 58.7 Å². The van der Waals surface area contributed by atoms with Crippen molar-refractivity contribution in [3.8, 4) is 11.5 Å². The van der Waals surface area contributed by atoms with Gasteiger partial charge in [-0.3, -0.25) is 0 Å². The number of piperidine rings is 1. The fourth-order valence-corrected chi connectivity index (χ4v) is 5.22. The van der Waals surface area contributed by atoms with Crippen LogP contribution in [0.1, 0.15) is 60.1 Å². The Morgan fingerprint density at radius 2 is 1.86 bits per heavy atom. The Labute approximate surface area is 171 Å². The molecule has 29 heavy (non-hydrogen) atoms. The molecule has 2 aliphatic heterocycles. The molecular formula is C24H29NO4. The first-order valence-electron chi connectivity index (χ1n) is 10.7. The van der Waals surface area contributed by atoms with Crippen LogP contribution in [-0.2, 0) is 12.8 Å². The zero-order chi connectivity index (χ0) is 20.0. The number of aliphatic hydroxyl groups is 2. The highest BCUT2D eigenvalue weighted by Gasteiger charge is 2.43. The number of benzene rings is 2. The van der Waals surface area contributed by atoms with Gasteiger partial charge in [-0.25, -0.2) is 0 Å².